The predicted octanol–water partition coefficient (Wildman–Crippen LogP) is 1.72. The van der Waals surface area contributed by atoms with Gasteiger partial charge in [0.1, 0.15) is 6.29 Å². The fourth-order valence-corrected chi connectivity index (χ4v) is 4.76. The van der Waals surface area contributed by atoms with Gasteiger partial charge in [-0.1, -0.05) is 0 Å². The molecule has 7 nitrogen and oxygen atoms in total. The summed E-state index contributed by atoms with van der Waals surface area (Å²) in [6, 6.07) is 0. The van der Waals surface area contributed by atoms with Gasteiger partial charge in [-0.05, 0) is 11.7 Å². The Balaban J connectivity index is 1.66. The van der Waals surface area contributed by atoms with Crippen LogP contribution in [0, 0.1) is 5.92 Å². The number of halogens is 2. The molecular weight excluding hydrogens is 410 g/mol. The van der Waals surface area contributed by atoms with E-state index in [1.165, 1.54) is 11.3 Å². The van der Waals surface area contributed by atoms with Crippen molar-refractivity contribution in [1.29, 1.82) is 0 Å². The topological polar surface area (TPSA) is 94.9 Å². The smallest absolute Gasteiger partial charge is 0.313 e. The first-order valence-electron chi connectivity index (χ1n) is 8.64. The lowest BCUT2D eigenvalue weighted by Crippen LogP contribution is -2.49. The fraction of sp³-hybridized carbons (Fsp3) is 0.529. The summed E-state index contributed by atoms with van der Waals surface area (Å²) in [5, 5.41) is 14.3. The van der Waals surface area contributed by atoms with Gasteiger partial charge < -0.3 is 10.4 Å². The lowest BCUT2D eigenvalue weighted by molar-refractivity contribution is -0.133. The quantitative estimate of drug-likeness (QED) is 0.607. The first-order valence-corrected chi connectivity index (χ1v) is 10.7. The van der Waals surface area contributed by atoms with Crippen molar-refractivity contribution in [1.82, 2.24) is 15.2 Å². The number of aromatic nitrogens is 1. The van der Waals surface area contributed by atoms with Crippen molar-refractivity contribution in [3.8, 4) is 0 Å². The van der Waals surface area contributed by atoms with Gasteiger partial charge in [-0.25, -0.2) is 13.8 Å². The molecule has 0 spiro atoms. The molecule has 1 saturated heterocycles. The number of nitrogens with zero attached hydrogens (tertiary/aromatic N) is 3. The number of thioether (sulfide) groups is 1. The molecule has 0 aromatic carbocycles. The molecule has 28 heavy (non-hydrogen) atoms. The Morgan fingerprint density at radius 2 is 2.36 bits per heavy atom. The van der Waals surface area contributed by atoms with Crippen molar-refractivity contribution < 1.29 is 23.5 Å². The molecule has 1 atom stereocenters. The third-order valence-electron chi connectivity index (χ3n) is 4.36. The van der Waals surface area contributed by atoms with Gasteiger partial charge in [-0.3, -0.25) is 19.5 Å². The fourth-order valence-electron chi connectivity index (χ4n) is 3.31. The Morgan fingerprint density at radius 1 is 1.54 bits per heavy atom. The normalized spacial score (nSPS) is 22.5. The van der Waals surface area contributed by atoms with Crippen LogP contribution in [0.5, 0.6) is 0 Å². The van der Waals surface area contributed by atoms with Gasteiger partial charge in [0.05, 0.1) is 18.8 Å². The number of nitrogens with one attached hydrogen (secondary N) is 1. The van der Waals surface area contributed by atoms with Crippen LogP contribution in [-0.4, -0.2) is 76.7 Å². The van der Waals surface area contributed by atoms with Crippen molar-refractivity contribution in [3.05, 3.63) is 27.9 Å². The molecular formula is C17H20F2N4O3S2. The van der Waals surface area contributed by atoms with Gasteiger partial charge in [0.2, 0.25) is 0 Å². The minimum atomic E-state index is -2.85. The molecule has 0 bridgehead atoms. The Kier molecular flexibility index (Phi) is 6.78. The van der Waals surface area contributed by atoms with E-state index in [0.717, 1.165) is 11.8 Å². The summed E-state index contributed by atoms with van der Waals surface area (Å²) in [6.07, 6.45) is 2.09. The number of likely N-dealkylation sites (tertiary alicyclic amines) is 1. The average molecular weight is 431 g/mol. The molecule has 0 radical (unpaired) electrons. The van der Waals surface area contributed by atoms with Crippen molar-refractivity contribution in [3.63, 3.8) is 0 Å². The second kappa shape index (κ2) is 9.10. The Bertz CT molecular complexity index is 783. The highest BCUT2D eigenvalue weighted by Gasteiger charge is 2.40. The Morgan fingerprint density at radius 3 is 3.04 bits per heavy atom. The van der Waals surface area contributed by atoms with Crippen molar-refractivity contribution >= 4 is 41.2 Å². The monoisotopic (exact) mass is 430 g/mol. The summed E-state index contributed by atoms with van der Waals surface area (Å²) in [5.41, 5.74) is 0.996. The largest absolute Gasteiger partial charge is 0.481 e. The van der Waals surface area contributed by atoms with E-state index in [-0.39, 0.29) is 31.2 Å². The first-order chi connectivity index (χ1) is 13.4. The highest BCUT2D eigenvalue weighted by atomic mass is 32.2. The predicted molar refractivity (Wildman–Crippen MR) is 104 cm³/mol. The minimum Gasteiger partial charge on any atom is -0.481 e. The molecule has 3 rings (SSSR count). The number of carbonyl (C=O) groups excluding carboxylic acids is 1. The van der Waals surface area contributed by atoms with Crippen LogP contribution in [0.1, 0.15) is 11.4 Å². The standard InChI is InChI=1S/C17H20F2N4O3S2/c18-17(19)3-11(8-27-9-14(25)26)5-23(10-17)6-13-12(7-24)4-21-15(22-13)16-20-1-2-28-16/h1-2,7,11H,3-6,8-10H2,(H,21,22)(H,25,26). The molecule has 2 N–H and O–H groups in total. The van der Waals surface area contributed by atoms with Crippen LogP contribution in [0.25, 0.3) is 0 Å². The number of hydrogen-bond donors (Lipinski definition) is 2. The number of carboxylic acid groups (broad SMARTS) is 1. The highest BCUT2D eigenvalue weighted by Crippen LogP contribution is 2.32. The second-order valence-corrected chi connectivity index (χ2v) is 8.68. The SMILES string of the molecule is O=CC1=C(CN2CC(CSCC(=O)O)CC(F)(F)C2)NC(c2nccs2)=NC1. The van der Waals surface area contributed by atoms with Crippen LogP contribution >= 0.6 is 23.1 Å². The molecule has 152 valence electrons. The van der Waals surface area contributed by atoms with E-state index < -0.39 is 18.4 Å². The summed E-state index contributed by atoms with van der Waals surface area (Å²) in [4.78, 5) is 32.2. The summed E-state index contributed by atoms with van der Waals surface area (Å²) in [5.74, 6) is -3.33. The number of piperidine rings is 1. The van der Waals surface area contributed by atoms with Gasteiger partial charge in [0, 0.05) is 42.4 Å². The number of aldehydes is 1. The molecule has 1 aromatic heterocycles. The zero-order valence-corrected chi connectivity index (χ0v) is 16.6. The highest BCUT2D eigenvalue weighted by molar-refractivity contribution is 7.99. The molecule has 1 unspecified atom stereocenters. The molecule has 1 aromatic rings. The summed E-state index contributed by atoms with van der Waals surface area (Å²) in [7, 11) is 0. The second-order valence-electron chi connectivity index (χ2n) is 6.75. The molecule has 1 fully saturated rings. The zero-order chi connectivity index (χ0) is 20.1. The van der Waals surface area contributed by atoms with E-state index in [4.69, 9.17) is 5.11 Å². The van der Waals surface area contributed by atoms with E-state index in [2.05, 4.69) is 15.3 Å². The Hall–Kier alpha value is -1.85. The van der Waals surface area contributed by atoms with Gasteiger partial charge in [-0.15, -0.1) is 23.1 Å². The van der Waals surface area contributed by atoms with Gasteiger partial charge in [-0.2, -0.15) is 0 Å². The maximum absolute atomic E-state index is 14.2. The molecule has 0 saturated carbocycles. The number of alkyl halides is 2. The van der Waals surface area contributed by atoms with Crippen LogP contribution in [0.4, 0.5) is 8.78 Å². The molecule has 11 heteroatoms. The molecule has 2 aliphatic heterocycles. The van der Waals surface area contributed by atoms with Gasteiger partial charge in [0.15, 0.2) is 10.8 Å². The maximum atomic E-state index is 14.2. The number of amidine groups is 1. The lowest BCUT2D eigenvalue weighted by Gasteiger charge is -2.38. The summed E-state index contributed by atoms with van der Waals surface area (Å²) >= 11 is 2.55. The third-order valence-corrected chi connectivity index (χ3v) is 6.30. The van der Waals surface area contributed by atoms with E-state index in [9.17, 15) is 18.4 Å². The number of aliphatic imine (C=N–C) groups is 1. The molecule has 0 amide bonds. The number of carboxylic acids is 1. The molecule has 3 heterocycles. The van der Waals surface area contributed by atoms with E-state index >= 15 is 0 Å². The van der Waals surface area contributed by atoms with E-state index in [1.54, 1.807) is 11.1 Å². The minimum absolute atomic E-state index is 0.0995. The van der Waals surface area contributed by atoms with Crippen LogP contribution in [0.15, 0.2) is 27.8 Å². The third kappa shape index (κ3) is 5.58. The number of carbonyl (C=O) groups is 2. The van der Waals surface area contributed by atoms with Gasteiger partial charge in [0.25, 0.3) is 5.92 Å². The number of rotatable bonds is 8. The first kappa shape index (κ1) is 20.9. The molecule has 0 aliphatic carbocycles. The van der Waals surface area contributed by atoms with Crippen LogP contribution in [-0.2, 0) is 9.59 Å². The summed E-state index contributed by atoms with van der Waals surface area (Å²) in [6.45, 7) is 0.383. The summed E-state index contributed by atoms with van der Waals surface area (Å²) < 4.78 is 28.4. The zero-order valence-electron chi connectivity index (χ0n) is 14.9. The lowest BCUT2D eigenvalue weighted by atomic mass is 9.96. The van der Waals surface area contributed by atoms with Crippen molar-refractivity contribution in [2.75, 3.05) is 37.7 Å². The molecule has 2 aliphatic rings. The number of aliphatic carboxylic acids is 1. The Labute approximate surface area is 168 Å². The van der Waals surface area contributed by atoms with Crippen LogP contribution in [0.3, 0.4) is 0 Å². The van der Waals surface area contributed by atoms with Crippen LogP contribution in [0.2, 0.25) is 0 Å². The number of hydrogen-bond acceptors (Lipinski definition) is 8. The van der Waals surface area contributed by atoms with E-state index in [1.807, 2.05) is 5.38 Å². The van der Waals surface area contributed by atoms with E-state index in [0.29, 0.717) is 40.7 Å². The number of thiazole rings is 1. The maximum Gasteiger partial charge on any atom is 0.313 e. The van der Waals surface area contributed by atoms with Crippen molar-refractivity contribution in [2.24, 2.45) is 10.9 Å². The van der Waals surface area contributed by atoms with Crippen LogP contribution < -0.4 is 5.32 Å². The van der Waals surface area contributed by atoms with Crippen molar-refractivity contribution in [2.45, 2.75) is 12.3 Å². The average Bonchev–Trinajstić information content (AvgIpc) is 3.14. The van der Waals surface area contributed by atoms with Gasteiger partial charge >= 0.3 is 5.97 Å².